The second-order valence-electron chi connectivity index (χ2n) is 10.8. The van der Waals surface area contributed by atoms with Crippen LogP contribution in [0.1, 0.15) is 57.8 Å². The van der Waals surface area contributed by atoms with Gasteiger partial charge in [0.2, 0.25) is 0 Å². The topological polar surface area (TPSA) is 65.3 Å². The van der Waals surface area contributed by atoms with Gasteiger partial charge >= 0.3 is 8.80 Å². The Kier molecular flexibility index (Phi) is 5.15. The highest BCUT2D eigenvalue weighted by Gasteiger charge is 2.64. The molecule has 6 aliphatic rings. The molecule has 0 aromatic carbocycles. The van der Waals surface area contributed by atoms with Gasteiger partial charge in [-0.2, -0.15) is 0 Å². The summed E-state index contributed by atoms with van der Waals surface area (Å²) in [6, 6.07) is 0.926. The van der Waals surface area contributed by atoms with Crippen LogP contribution in [0.25, 0.3) is 0 Å². The molecule has 3 saturated heterocycles. The third kappa shape index (κ3) is 3.35. The zero-order valence-corrected chi connectivity index (χ0v) is 19.7. The number of ether oxygens (including phenoxy) is 3. The van der Waals surface area contributed by atoms with Crippen molar-refractivity contribution in [3.8, 4) is 0 Å². The van der Waals surface area contributed by atoms with Crippen molar-refractivity contribution < 1.29 is 27.5 Å². The van der Waals surface area contributed by atoms with Gasteiger partial charge in [-0.05, 0) is 81.0 Å². The first-order valence-electron chi connectivity index (χ1n) is 12.2. The van der Waals surface area contributed by atoms with Gasteiger partial charge in [0.1, 0.15) is 0 Å². The van der Waals surface area contributed by atoms with E-state index in [9.17, 15) is 0 Å². The zero-order valence-electron chi connectivity index (χ0n) is 18.7. The van der Waals surface area contributed by atoms with Gasteiger partial charge in [0.25, 0.3) is 0 Å². The Morgan fingerprint density at radius 3 is 1.27 bits per heavy atom. The lowest BCUT2D eigenvalue weighted by Crippen LogP contribution is -2.56. The predicted octanol–water partition coefficient (Wildman–Crippen LogP) is 3.55. The van der Waals surface area contributed by atoms with E-state index in [1.807, 2.05) is 0 Å². The van der Waals surface area contributed by atoms with Gasteiger partial charge in [-0.1, -0.05) is 0 Å². The van der Waals surface area contributed by atoms with Crippen molar-refractivity contribution in [1.82, 2.24) is 0 Å². The number of hydrogen-bond donors (Lipinski definition) is 0. The molecular weight excluding hydrogens is 400 g/mol. The van der Waals surface area contributed by atoms with Gasteiger partial charge in [0, 0.05) is 27.4 Å². The van der Waals surface area contributed by atoms with Crippen LogP contribution in [-0.4, -0.2) is 66.8 Å². The van der Waals surface area contributed by atoms with Crippen molar-refractivity contribution in [1.29, 1.82) is 0 Å². The Morgan fingerprint density at radius 2 is 0.967 bits per heavy atom. The minimum Gasteiger partial charge on any atom is -0.377 e. The molecule has 3 aliphatic carbocycles. The summed E-state index contributed by atoms with van der Waals surface area (Å²) in [5.74, 6) is 1.94. The molecule has 30 heavy (non-hydrogen) atoms. The molecule has 3 aliphatic heterocycles. The van der Waals surface area contributed by atoms with Gasteiger partial charge in [-0.15, -0.1) is 0 Å². The zero-order chi connectivity index (χ0) is 20.5. The molecule has 7 heteroatoms. The molecule has 0 aromatic rings. The third-order valence-corrected chi connectivity index (χ3v) is 12.7. The first-order valence-corrected chi connectivity index (χ1v) is 14.2. The van der Waals surface area contributed by atoms with Crippen LogP contribution in [0.4, 0.5) is 0 Å². The molecule has 6 nitrogen and oxygen atoms in total. The van der Waals surface area contributed by atoms with E-state index < -0.39 is 8.80 Å². The van der Waals surface area contributed by atoms with E-state index in [2.05, 4.69) is 0 Å². The second-order valence-corrected chi connectivity index (χ2v) is 13.7. The molecule has 6 rings (SSSR count). The largest absolute Gasteiger partial charge is 0.500 e. The fourth-order valence-electron chi connectivity index (χ4n) is 7.95. The Hall–Kier alpha value is -0.0231. The van der Waals surface area contributed by atoms with Gasteiger partial charge < -0.3 is 27.5 Å². The average Bonchev–Trinajstić information content (AvgIpc) is 3.67. The van der Waals surface area contributed by atoms with Crippen molar-refractivity contribution in [2.24, 2.45) is 23.2 Å². The summed E-state index contributed by atoms with van der Waals surface area (Å²) >= 11 is 0. The van der Waals surface area contributed by atoms with E-state index in [0.717, 1.165) is 6.04 Å². The fraction of sp³-hybridized carbons (Fsp3) is 1.00. The summed E-state index contributed by atoms with van der Waals surface area (Å²) in [6.07, 6.45) is 14.0. The SMILES string of the molecule is CO[Si](CC(C1CCC2OC2C1)(C1CCC2OC2C1)C1CCC2OC2C1)(OC)OC. The molecule has 3 saturated carbocycles. The summed E-state index contributed by atoms with van der Waals surface area (Å²) in [4.78, 5) is 0. The summed E-state index contributed by atoms with van der Waals surface area (Å²) in [5.41, 5.74) is 0.166. The van der Waals surface area contributed by atoms with Gasteiger partial charge in [0.05, 0.1) is 36.6 Å². The minimum atomic E-state index is -2.75. The maximum absolute atomic E-state index is 6.08. The Labute approximate surface area is 181 Å². The smallest absolute Gasteiger partial charge is 0.377 e. The maximum Gasteiger partial charge on any atom is 0.500 e. The van der Waals surface area contributed by atoms with E-state index >= 15 is 0 Å². The van der Waals surface area contributed by atoms with Crippen molar-refractivity contribution >= 4 is 8.80 Å². The lowest BCUT2D eigenvalue weighted by molar-refractivity contribution is -0.0411. The van der Waals surface area contributed by atoms with E-state index in [1.54, 1.807) is 21.3 Å². The molecule has 0 aromatic heterocycles. The molecule has 3 heterocycles. The molecule has 0 radical (unpaired) electrons. The number of rotatable bonds is 8. The highest BCUT2D eigenvalue weighted by Crippen LogP contribution is 2.64. The summed E-state index contributed by atoms with van der Waals surface area (Å²) in [7, 11) is 2.60. The van der Waals surface area contributed by atoms with Crippen LogP contribution in [0.3, 0.4) is 0 Å². The molecule has 6 fully saturated rings. The van der Waals surface area contributed by atoms with Gasteiger partial charge in [-0.25, -0.2) is 0 Å². The summed E-state index contributed by atoms with van der Waals surface area (Å²) in [5, 5.41) is 0. The third-order valence-electron chi connectivity index (χ3n) is 9.75. The fourth-order valence-corrected chi connectivity index (χ4v) is 10.5. The quantitative estimate of drug-likeness (QED) is 0.426. The Morgan fingerprint density at radius 1 is 0.600 bits per heavy atom. The van der Waals surface area contributed by atoms with Crippen molar-refractivity contribution in [3.63, 3.8) is 0 Å². The summed E-state index contributed by atoms with van der Waals surface area (Å²) < 4.78 is 36.3. The van der Waals surface area contributed by atoms with E-state index in [1.165, 1.54) is 57.8 Å². The second kappa shape index (κ2) is 7.50. The van der Waals surface area contributed by atoms with Crippen LogP contribution in [0, 0.1) is 23.2 Å². The standard InChI is InChI=1S/C23H38O6Si/c1-24-30(25-2,26-3)13-23(14-4-7-17-20(10-14)27-17,15-5-8-18-21(11-15)28-18)16-6-9-19-22(12-16)29-19/h14-22H,4-13H2,1-3H3. The molecule has 9 atom stereocenters. The van der Waals surface area contributed by atoms with Crippen LogP contribution >= 0.6 is 0 Å². The lowest BCUT2D eigenvalue weighted by Gasteiger charge is -2.55. The minimum absolute atomic E-state index is 0.166. The van der Waals surface area contributed by atoms with E-state index in [0.29, 0.717) is 54.4 Å². The van der Waals surface area contributed by atoms with E-state index in [-0.39, 0.29) is 5.41 Å². The number of fused-ring (bicyclic) bond motifs is 3. The maximum atomic E-state index is 6.08. The van der Waals surface area contributed by atoms with Crippen LogP contribution in [0.5, 0.6) is 0 Å². The molecule has 170 valence electrons. The van der Waals surface area contributed by atoms with Crippen molar-refractivity contribution in [2.45, 2.75) is 100 Å². The molecule has 0 spiro atoms. The highest BCUT2D eigenvalue weighted by molar-refractivity contribution is 6.60. The first kappa shape index (κ1) is 20.6. The monoisotopic (exact) mass is 438 g/mol. The van der Waals surface area contributed by atoms with Crippen LogP contribution in [0.2, 0.25) is 6.04 Å². The lowest BCUT2D eigenvalue weighted by atomic mass is 9.52. The van der Waals surface area contributed by atoms with Gasteiger partial charge in [-0.3, -0.25) is 0 Å². The molecule has 0 bridgehead atoms. The first-order chi connectivity index (χ1) is 14.6. The highest BCUT2D eigenvalue weighted by atomic mass is 28.4. The molecular formula is C23H38O6Si. The van der Waals surface area contributed by atoms with Crippen LogP contribution in [0.15, 0.2) is 0 Å². The molecule has 0 amide bonds. The van der Waals surface area contributed by atoms with Gasteiger partial charge in [0.15, 0.2) is 0 Å². The van der Waals surface area contributed by atoms with Crippen LogP contribution < -0.4 is 0 Å². The van der Waals surface area contributed by atoms with E-state index in [4.69, 9.17) is 27.5 Å². The summed E-state index contributed by atoms with van der Waals surface area (Å²) in [6.45, 7) is 0. The predicted molar refractivity (Wildman–Crippen MR) is 112 cm³/mol. The van der Waals surface area contributed by atoms with Crippen molar-refractivity contribution in [3.05, 3.63) is 0 Å². The Balaban J connectivity index is 1.39. The van der Waals surface area contributed by atoms with Crippen LogP contribution in [-0.2, 0) is 27.5 Å². The normalized spacial score (nSPS) is 48.7. The van der Waals surface area contributed by atoms with Crippen molar-refractivity contribution in [2.75, 3.05) is 21.3 Å². The number of hydrogen-bond acceptors (Lipinski definition) is 6. The molecule has 9 unspecified atom stereocenters. The number of epoxide rings is 3. The average molecular weight is 439 g/mol. The Bertz CT molecular complexity index is 578. The molecule has 0 N–H and O–H groups in total.